The first-order chi connectivity index (χ1) is 13.2. The van der Waals surface area contributed by atoms with Crippen molar-refractivity contribution in [3.05, 3.63) is 119 Å². The Kier molecular flexibility index (Phi) is 5.16. The number of nitrogens with two attached hydrogens (primary N) is 2. The van der Waals surface area contributed by atoms with E-state index < -0.39 is 0 Å². The quantitative estimate of drug-likeness (QED) is 0.299. The predicted octanol–water partition coefficient (Wildman–Crippen LogP) is 5.54. The summed E-state index contributed by atoms with van der Waals surface area (Å²) >= 11 is 0. The van der Waals surface area contributed by atoms with Gasteiger partial charge in [0, 0.05) is 11.4 Å². The third kappa shape index (κ3) is 2.78. The zero-order valence-electron chi connectivity index (χ0n) is 16.3. The summed E-state index contributed by atoms with van der Waals surface area (Å²) in [4.78, 5) is 0. The van der Waals surface area contributed by atoms with Gasteiger partial charge in [-0.15, -0.1) is 0 Å². The summed E-state index contributed by atoms with van der Waals surface area (Å²) in [5, 5.41) is 0. The molecule has 29 heavy (non-hydrogen) atoms. The zero-order chi connectivity index (χ0) is 18.4. The van der Waals surface area contributed by atoms with Gasteiger partial charge in [-0.3, -0.25) is 0 Å². The van der Waals surface area contributed by atoms with Crippen LogP contribution in [0.4, 0.5) is 11.4 Å². The van der Waals surface area contributed by atoms with Crippen LogP contribution in [0, 0.1) is 0 Å². The number of rotatable bonds is 2. The van der Waals surface area contributed by atoms with Crippen LogP contribution in [-0.2, 0) is 5.41 Å². The van der Waals surface area contributed by atoms with E-state index in [2.05, 4.69) is 72.8 Å². The molecule has 0 atom stereocenters. The highest BCUT2D eigenvalue weighted by molar-refractivity contribution is 5.86. The third-order valence-electron chi connectivity index (χ3n) is 5.64. The maximum Gasteiger partial charge on any atom is 0.0713 e. The topological polar surface area (TPSA) is 122 Å². The molecule has 1 aliphatic carbocycles. The second kappa shape index (κ2) is 7.43. The van der Waals surface area contributed by atoms with Gasteiger partial charge in [0.15, 0.2) is 0 Å². The number of anilines is 2. The standard InChI is InChI=1S/C25H20N2.2H3N/c26-19-13-9-17(10-14-19)25(18-11-15-20(27)16-12-18)23-7-3-1-5-21(23)22-6-2-4-8-24(22)25;;/h1-16H,26-27H2;2*1H3. The molecule has 0 saturated heterocycles. The van der Waals surface area contributed by atoms with E-state index >= 15 is 0 Å². The van der Waals surface area contributed by atoms with E-state index in [0.717, 1.165) is 11.4 Å². The normalized spacial score (nSPS) is 12.8. The van der Waals surface area contributed by atoms with Crippen LogP contribution in [-0.4, -0.2) is 0 Å². The maximum absolute atomic E-state index is 6.00. The molecule has 4 nitrogen and oxygen atoms in total. The van der Waals surface area contributed by atoms with Crippen LogP contribution in [0.15, 0.2) is 97.1 Å². The molecular formula is C25H26N4. The number of hydrogen-bond donors (Lipinski definition) is 4. The van der Waals surface area contributed by atoms with Crippen LogP contribution in [0.25, 0.3) is 11.1 Å². The van der Waals surface area contributed by atoms with Gasteiger partial charge in [0.05, 0.1) is 5.41 Å². The van der Waals surface area contributed by atoms with Gasteiger partial charge in [-0.1, -0.05) is 72.8 Å². The van der Waals surface area contributed by atoms with Crippen molar-refractivity contribution >= 4 is 11.4 Å². The van der Waals surface area contributed by atoms with E-state index in [1.807, 2.05) is 24.3 Å². The SMILES string of the molecule is N.N.Nc1ccc(C2(c3ccc(N)cc3)c3ccccc3-c3ccccc32)cc1. The number of benzene rings is 4. The molecule has 0 aromatic heterocycles. The second-order valence-electron chi connectivity index (χ2n) is 7.09. The highest BCUT2D eigenvalue weighted by Gasteiger charge is 2.45. The Morgan fingerprint density at radius 3 is 1.17 bits per heavy atom. The Hall–Kier alpha value is -3.60. The summed E-state index contributed by atoms with van der Waals surface area (Å²) < 4.78 is 0. The molecule has 0 unspecified atom stereocenters. The van der Waals surface area contributed by atoms with Crippen LogP contribution in [0.3, 0.4) is 0 Å². The van der Waals surface area contributed by atoms with Gasteiger partial charge >= 0.3 is 0 Å². The van der Waals surface area contributed by atoms with Gasteiger partial charge < -0.3 is 23.8 Å². The molecule has 1 aliphatic rings. The van der Waals surface area contributed by atoms with Crippen molar-refractivity contribution in [2.75, 3.05) is 11.5 Å². The van der Waals surface area contributed by atoms with Crippen molar-refractivity contribution in [3.63, 3.8) is 0 Å². The molecule has 4 aromatic carbocycles. The van der Waals surface area contributed by atoms with Gasteiger partial charge in [-0.2, -0.15) is 0 Å². The van der Waals surface area contributed by atoms with Crippen LogP contribution in [0.2, 0.25) is 0 Å². The minimum Gasteiger partial charge on any atom is -0.399 e. The monoisotopic (exact) mass is 382 g/mol. The van der Waals surface area contributed by atoms with Crippen molar-refractivity contribution in [1.29, 1.82) is 0 Å². The fourth-order valence-corrected chi connectivity index (χ4v) is 4.49. The van der Waals surface area contributed by atoms with Crippen LogP contribution < -0.4 is 23.8 Å². The van der Waals surface area contributed by atoms with Crippen molar-refractivity contribution in [2.24, 2.45) is 0 Å². The summed E-state index contributed by atoms with van der Waals surface area (Å²) in [6, 6.07) is 33.9. The largest absolute Gasteiger partial charge is 0.399 e. The average molecular weight is 383 g/mol. The van der Waals surface area contributed by atoms with Crippen molar-refractivity contribution in [2.45, 2.75) is 5.41 Å². The van der Waals surface area contributed by atoms with Gasteiger partial charge in [-0.05, 0) is 57.6 Å². The van der Waals surface area contributed by atoms with Crippen molar-refractivity contribution in [3.8, 4) is 11.1 Å². The minimum atomic E-state index is -0.380. The Balaban J connectivity index is 0.00000120. The summed E-state index contributed by atoms with van der Waals surface area (Å²) in [5.41, 5.74) is 20.7. The van der Waals surface area contributed by atoms with Gasteiger partial charge in [-0.25, -0.2) is 0 Å². The van der Waals surface area contributed by atoms with Crippen LogP contribution in [0.1, 0.15) is 22.3 Å². The number of fused-ring (bicyclic) bond motifs is 3. The smallest absolute Gasteiger partial charge is 0.0713 e. The Morgan fingerprint density at radius 1 is 0.448 bits per heavy atom. The molecule has 0 spiro atoms. The summed E-state index contributed by atoms with van der Waals surface area (Å²) in [6.07, 6.45) is 0. The Morgan fingerprint density at radius 2 is 0.793 bits per heavy atom. The second-order valence-corrected chi connectivity index (χ2v) is 7.09. The molecule has 0 fully saturated rings. The highest BCUT2D eigenvalue weighted by Crippen LogP contribution is 2.55. The fourth-order valence-electron chi connectivity index (χ4n) is 4.49. The molecule has 0 bridgehead atoms. The molecule has 146 valence electrons. The fraction of sp³-hybridized carbons (Fsp3) is 0.0400. The zero-order valence-corrected chi connectivity index (χ0v) is 16.3. The molecule has 0 saturated carbocycles. The lowest BCUT2D eigenvalue weighted by molar-refractivity contribution is 0.769. The van der Waals surface area contributed by atoms with Gasteiger partial charge in [0.25, 0.3) is 0 Å². The predicted molar refractivity (Wildman–Crippen MR) is 123 cm³/mol. The molecule has 0 radical (unpaired) electrons. The summed E-state index contributed by atoms with van der Waals surface area (Å²) in [7, 11) is 0. The summed E-state index contributed by atoms with van der Waals surface area (Å²) in [6.45, 7) is 0. The molecule has 0 heterocycles. The molecule has 4 aromatic rings. The van der Waals surface area contributed by atoms with Crippen molar-refractivity contribution < 1.29 is 0 Å². The highest BCUT2D eigenvalue weighted by atomic mass is 14.6. The van der Waals surface area contributed by atoms with E-state index in [9.17, 15) is 0 Å². The van der Waals surface area contributed by atoms with Crippen LogP contribution >= 0.6 is 0 Å². The Labute approximate surface area is 171 Å². The van der Waals surface area contributed by atoms with E-state index in [4.69, 9.17) is 11.5 Å². The maximum atomic E-state index is 6.00. The minimum absolute atomic E-state index is 0. The van der Waals surface area contributed by atoms with E-state index in [-0.39, 0.29) is 17.7 Å². The third-order valence-corrected chi connectivity index (χ3v) is 5.64. The first-order valence-corrected chi connectivity index (χ1v) is 9.12. The Bertz CT molecular complexity index is 1040. The van der Waals surface area contributed by atoms with E-state index in [1.54, 1.807) is 0 Å². The lowest BCUT2D eigenvalue weighted by Crippen LogP contribution is -2.28. The lowest BCUT2D eigenvalue weighted by Gasteiger charge is -2.34. The average Bonchev–Trinajstić information content (AvgIpc) is 3.01. The first-order valence-electron chi connectivity index (χ1n) is 9.12. The van der Waals surface area contributed by atoms with E-state index in [1.165, 1.54) is 33.4 Å². The number of nitrogen functional groups attached to an aromatic ring is 2. The lowest BCUT2D eigenvalue weighted by atomic mass is 9.67. The molecule has 10 N–H and O–H groups in total. The van der Waals surface area contributed by atoms with Gasteiger partial charge in [0.2, 0.25) is 0 Å². The van der Waals surface area contributed by atoms with Crippen molar-refractivity contribution in [1.82, 2.24) is 12.3 Å². The first kappa shape index (κ1) is 20.1. The number of hydrogen-bond acceptors (Lipinski definition) is 4. The van der Waals surface area contributed by atoms with Crippen LogP contribution in [0.5, 0.6) is 0 Å². The molecule has 5 rings (SSSR count). The molecule has 4 heteroatoms. The molecule has 0 amide bonds. The van der Waals surface area contributed by atoms with E-state index in [0.29, 0.717) is 0 Å². The summed E-state index contributed by atoms with van der Waals surface area (Å²) in [5.74, 6) is 0. The molecular weight excluding hydrogens is 356 g/mol. The molecule has 0 aliphatic heterocycles. The van der Waals surface area contributed by atoms with Gasteiger partial charge in [0.1, 0.15) is 0 Å².